The number of rotatable bonds is 6. The first kappa shape index (κ1) is 15.2. The molecule has 1 heterocycles. The average Bonchev–Trinajstić information content (AvgIpc) is 2.36. The summed E-state index contributed by atoms with van der Waals surface area (Å²) in [6.07, 6.45) is 3.72. The van der Waals surface area contributed by atoms with Crippen LogP contribution in [-0.4, -0.2) is 44.0 Å². The predicted molar refractivity (Wildman–Crippen MR) is 71.6 cm³/mol. The minimum Gasteiger partial charge on any atom is -0.352 e. The molecule has 1 N–H and O–H groups in total. The predicted octanol–water partition coefficient (Wildman–Crippen LogP) is 0.740. The highest BCUT2D eigenvalue weighted by molar-refractivity contribution is 7.89. The molecule has 18 heavy (non-hydrogen) atoms. The van der Waals surface area contributed by atoms with Gasteiger partial charge < -0.3 is 5.32 Å². The lowest BCUT2D eigenvalue weighted by Crippen LogP contribution is -2.46. The van der Waals surface area contributed by atoms with Gasteiger partial charge in [0.25, 0.3) is 0 Å². The molecule has 104 valence electrons. The zero-order valence-electron chi connectivity index (χ0n) is 10.9. The summed E-state index contributed by atoms with van der Waals surface area (Å²) in [6, 6.07) is 0. The quantitative estimate of drug-likeness (QED) is 0.727. The monoisotopic (exact) mass is 274 g/mol. The van der Waals surface area contributed by atoms with Crippen molar-refractivity contribution in [1.29, 1.82) is 0 Å². The zero-order chi connectivity index (χ0) is 13.6. The second-order valence-electron chi connectivity index (χ2n) is 4.55. The van der Waals surface area contributed by atoms with Gasteiger partial charge in [-0.2, -0.15) is 0 Å². The maximum atomic E-state index is 11.9. The van der Waals surface area contributed by atoms with Crippen molar-refractivity contribution in [3.8, 4) is 0 Å². The fraction of sp³-hybridized carbons (Fsp3) is 0.750. The molecule has 0 aromatic rings. The summed E-state index contributed by atoms with van der Waals surface area (Å²) in [7, 11) is -3.19. The van der Waals surface area contributed by atoms with E-state index in [-0.39, 0.29) is 17.6 Å². The number of amides is 1. The number of nitrogens with zero attached hydrogens (tertiary/aromatic N) is 1. The number of carbonyl (C=O) groups excluding carboxylic acids is 1. The van der Waals surface area contributed by atoms with Gasteiger partial charge in [-0.05, 0) is 19.3 Å². The molecule has 1 aliphatic heterocycles. The van der Waals surface area contributed by atoms with E-state index < -0.39 is 10.0 Å². The van der Waals surface area contributed by atoms with E-state index in [0.717, 1.165) is 12.8 Å². The maximum Gasteiger partial charge on any atom is 0.224 e. The highest BCUT2D eigenvalue weighted by Gasteiger charge is 2.31. The summed E-state index contributed by atoms with van der Waals surface area (Å²) in [4.78, 5) is 11.8. The molecule has 0 aromatic carbocycles. The summed E-state index contributed by atoms with van der Waals surface area (Å²) in [6.45, 7) is 6.65. The van der Waals surface area contributed by atoms with E-state index in [4.69, 9.17) is 0 Å². The molecule has 0 spiro atoms. The van der Waals surface area contributed by atoms with E-state index in [1.807, 2.05) is 6.92 Å². The minimum absolute atomic E-state index is 0.0775. The number of piperidine rings is 1. The van der Waals surface area contributed by atoms with Crippen molar-refractivity contribution in [2.75, 3.05) is 25.4 Å². The van der Waals surface area contributed by atoms with E-state index in [1.54, 1.807) is 6.08 Å². The van der Waals surface area contributed by atoms with Crippen molar-refractivity contribution < 1.29 is 13.2 Å². The number of hydrogen-bond acceptors (Lipinski definition) is 3. The van der Waals surface area contributed by atoms with Crippen LogP contribution in [0.1, 0.15) is 26.2 Å². The van der Waals surface area contributed by atoms with Gasteiger partial charge >= 0.3 is 0 Å². The molecule has 1 aliphatic rings. The van der Waals surface area contributed by atoms with E-state index >= 15 is 0 Å². The van der Waals surface area contributed by atoms with E-state index in [9.17, 15) is 13.2 Å². The van der Waals surface area contributed by atoms with Crippen LogP contribution < -0.4 is 5.32 Å². The fourth-order valence-electron chi connectivity index (χ4n) is 2.11. The zero-order valence-corrected chi connectivity index (χ0v) is 11.7. The van der Waals surface area contributed by atoms with Crippen LogP contribution in [0.15, 0.2) is 12.7 Å². The molecule has 0 unspecified atom stereocenters. The Morgan fingerprint density at radius 1 is 1.56 bits per heavy atom. The van der Waals surface area contributed by atoms with Crippen molar-refractivity contribution in [3.05, 3.63) is 12.7 Å². The Balaban J connectivity index is 2.61. The van der Waals surface area contributed by atoms with Gasteiger partial charge in [-0.3, -0.25) is 4.79 Å². The first-order chi connectivity index (χ1) is 8.51. The van der Waals surface area contributed by atoms with Gasteiger partial charge in [0.15, 0.2) is 0 Å². The molecule has 5 nitrogen and oxygen atoms in total. The smallest absolute Gasteiger partial charge is 0.224 e. The highest BCUT2D eigenvalue weighted by atomic mass is 32.2. The second-order valence-corrected chi connectivity index (χ2v) is 6.64. The van der Waals surface area contributed by atoms with Crippen molar-refractivity contribution >= 4 is 15.9 Å². The van der Waals surface area contributed by atoms with E-state index in [2.05, 4.69) is 11.9 Å². The largest absolute Gasteiger partial charge is 0.352 e. The van der Waals surface area contributed by atoms with Crippen LogP contribution in [0, 0.1) is 5.92 Å². The molecular weight excluding hydrogens is 252 g/mol. The van der Waals surface area contributed by atoms with Crippen LogP contribution in [0.5, 0.6) is 0 Å². The third-order valence-electron chi connectivity index (χ3n) is 3.03. The summed E-state index contributed by atoms with van der Waals surface area (Å²) in [5.74, 6) is -0.148. The molecule has 1 amide bonds. The van der Waals surface area contributed by atoms with Crippen LogP contribution in [0.4, 0.5) is 0 Å². The van der Waals surface area contributed by atoms with Gasteiger partial charge in [-0.25, -0.2) is 12.7 Å². The molecule has 0 aromatic heterocycles. The lowest BCUT2D eigenvalue weighted by molar-refractivity contribution is -0.125. The molecule has 0 saturated carbocycles. The lowest BCUT2D eigenvalue weighted by atomic mass is 9.99. The summed E-state index contributed by atoms with van der Waals surface area (Å²) in [5.41, 5.74) is 0. The van der Waals surface area contributed by atoms with Crippen LogP contribution in [0.3, 0.4) is 0 Å². The molecule has 6 heteroatoms. The number of carbonyl (C=O) groups is 1. The lowest BCUT2D eigenvalue weighted by Gasteiger charge is -2.31. The second kappa shape index (κ2) is 6.89. The van der Waals surface area contributed by atoms with Crippen molar-refractivity contribution in [2.45, 2.75) is 26.2 Å². The Labute approximate surface area is 109 Å². The molecule has 1 saturated heterocycles. The first-order valence-electron chi connectivity index (χ1n) is 6.37. The molecular formula is C12H22N2O3S. The summed E-state index contributed by atoms with van der Waals surface area (Å²) >= 11 is 0. The Morgan fingerprint density at radius 3 is 2.89 bits per heavy atom. The normalized spacial score (nSPS) is 21.5. The van der Waals surface area contributed by atoms with Gasteiger partial charge in [0.2, 0.25) is 15.9 Å². The van der Waals surface area contributed by atoms with Crippen LogP contribution in [-0.2, 0) is 14.8 Å². The van der Waals surface area contributed by atoms with Gasteiger partial charge in [0, 0.05) is 19.6 Å². The minimum atomic E-state index is -3.19. The SMILES string of the molecule is C=CCNC(=O)[C@@H]1CCCN(S(=O)(=O)CCC)C1. The van der Waals surface area contributed by atoms with E-state index in [1.165, 1.54) is 4.31 Å². The Bertz CT molecular complexity index is 392. The van der Waals surface area contributed by atoms with Crippen LogP contribution >= 0.6 is 0 Å². The molecule has 1 atom stereocenters. The molecule has 0 radical (unpaired) electrons. The Morgan fingerprint density at radius 2 is 2.28 bits per heavy atom. The van der Waals surface area contributed by atoms with Crippen molar-refractivity contribution in [3.63, 3.8) is 0 Å². The van der Waals surface area contributed by atoms with Gasteiger partial charge in [-0.1, -0.05) is 13.0 Å². The van der Waals surface area contributed by atoms with E-state index in [0.29, 0.717) is 26.1 Å². The molecule has 0 bridgehead atoms. The van der Waals surface area contributed by atoms with Gasteiger partial charge in [0.1, 0.15) is 0 Å². The third kappa shape index (κ3) is 4.10. The van der Waals surface area contributed by atoms with Crippen molar-refractivity contribution in [1.82, 2.24) is 9.62 Å². The number of sulfonamides is 1. The molecule has 0 aliphatic carbocycles. The van der Waals surface area contributed by atoms with Gasteiger partial charge in [0.05, 0.1) is 11.7 Å². The summed E-state index contributed by atoms with van der Waals surface area (Å²) in [5, 5.41) is 2.73. The Hall–Kier alpha value is -0.880. The molecule has 1 rings (SSSR count). The fourth-order valence-corrected chi connectivity index (χ4v) is 3.70. The highest BCUT2D eigenvalue weighted by Crippen LogP contribution is 2.19. The summed E-state index contributed by atoms with van der Waals surface area (Å²) < 4.78 is 25.3. The van der Waals surface area contributed by atoms with Gasteiger partial charge in [-0.15, -0.1) is 6.58 Å². The topological polar surface area (TPSA) is 66.5 Å². The first-order valence-corrected chi connectivity index (χ1v) is 7.98. The average molecular weight is 274 g/mol. The standard InChI is InChI=1S/C12H22N2O3S/c1-3-7-13-12(15)11-6-5-8-14(10-11)18(16,17)9-4-2/h3,11H,1,4-10H2,2H3,(H,13,15)/t11-/m1/s1. The van der Waals surface area contributed by atoms with Crippen LogP contribution in [0.2, 0.25) is 0 Å². The van der Waals surface area contributed by atoms with Crippen molar-refractivity contribution in [2.24, 2.45) is 5.92 Å². The van der Waals surface area contributed by atoms with Crippen LogP contribution in [0.25, 0.3) is 0 Å². The number of hydrogen-bond donors (Lipinski definition) is 1. The molecule has 1 fully saturated rings. The Kier molecular flexibility index (Phi) is 5.81. The third-order valence-corrected chi connectivity index (χ3v) is 5.07. The maximum absolute atomic E-state index is 11.9. The number of nitrogens with one attached hydrogen (secondary N) is 1.